The lowest BCUT2D eigenvalue weighted by Crippen LogP contribution is -2.42. The molecule has 2 heterocycles. The molecule has 0 radical (unpaired) electrons. The number of carbonyl (C=O) groups is 2. The standard InChI is InChI=1S/C28H27ClN4O4/c1-18-13-20(7-10-25(18)33-11-12-36-17-26(33)34)28(35)32-24(16-37-15-19-5-3-2-4-6-19)27-30-22-9-8-21(29)14-23(22)31-27/h2-10,13-14,24H,11-12,15-17H2,1H3,(H,30,31)(H,32,35)/t24-/m0/s1. The number of nitrogens with one attached hydrogen (secondary N) is 2. The minimum atomic E-state index is -0.525. The number of aromatic nitrogens is 2. The Hall–Kier alpha value is -3.72. The van der Waals surface area contributed by atoms with Crippen molar-refractivity contribution < 1.29 is 19.1 Å². The molecule has 1 fully saturated rings. The molecule has 1 aliphatic heterocycles. The highest BCUT2D eigenvalue weighted by Gasteiger charge is 2.24. The number of morpholine rings is 1. The van der Waals surface area contributed by atoms with Gasteiger partial charge in [0.05, 0.1) is 30.9 Å². The molecular weight excluding hydrogens is 492 g/mol. The first-order valence-corrected chi connectivity index (χ1v) is 12.4. The summed E-state index contributed by atoms with van der Waals surface area (Å²) in [5.41, 5.74) is 4.65. The zero-order chi connectivity index (χ0) is 25.8. The van der Waals surface area contributed by atoms with E-state index in [-0.39, 0.29) is 25.0 Å². The average Bonchev–Trinajstić information content (AvgIpc) is 3.32. The zero-order valence-electron chi connectivity index (χ0n) is 20.4. The number of aryl methyl sites for hydroxylation is 1. The first kappa shape index (κ1) is 25.0. The van der Waals surface area contributed by atoms with E-state index in [1.165, 1.54) is 0 Å². The summed E-state index contributed by atoms with van der Waals surface area (Å²) in [5, 5.41) is 3.64. The maximum Gasteiger partial charge on any atom is 0.253 e. The van der Waals surface area contributed by atoms with E-state index >= 15 is 0 Å². The number of carbonyl (C=O) groups excluding carboxylic acids is 2. The van der Waals surface area contributed by atoms with Gasteiger partial charge >= 0.3 is 0 Å². The molecule has 3 aromatic carbocycles. The van der Waals surface area contributed by atoms with Crippen molar-refractivity contribution in [2.24, 2.45) is 0 Å². The van der Waals surface area contributed by atoms with Crippen LogP contribution >= 0.6 is 11.6 Å². The first-order valence-electron chi connectivity index (χ1n) is 12.0. The van der Waals surface area contributed by atoms with Crippen LogP contribution in [-0.2, 0) is 20.9 Å². The molecule has 1 atom stereocenters. The van der Waals surface area contributed by atoms with Crippen LogP contribution in [0.1, 0.15) is 33.4 Å². The van der Waals surface area contributed by atoms with E-state index < -0.39 is 6.04 Å². The molecule has 190 valence electrons. The summed E-state index contributed by atoms with van der Waals surface area (Å²) in [6.45, 7) is 3.55. The van der Waals surface area contributed by atoms with Gasteiger partial charge in [-0.3, -0.25) is 9.59 Å². The van der Waals surface area contributed by atoms with Crippen LogP contribution in [0.4, 0.5) is 5.69 Å². The highest BCUT2D eigenvalue weighted by Crippen LogP contribution is 2.24. The van der Waals surface area contributed by atoms with E-state index in [0.29, 0.717) is 41.7 Å². The zero-order valence-corrected chi connectivity index (χ0v) is 21.1. The molecule has 2 N–H and O–H groups in total. The quantitative estimate of drug-likeness (QED) is 0.356. The largest absolute Gasteiger partial charge is 0.374 e. The Kier molecular flexibility index (Phi) is 7.50. The molecule has 0 unspecified atom stereocenters. The van der Waals surface area contributed by atoms with Gasteiger partial charge in [-0.2, -0.15) is 0 Å². The lowest BCUT2D eigenvalue weighted by molar-refractivity contribution is -0.125. The van der Waals surface area contributed by atoms with Crippen molar-refractivity contribution in [3.63, 3.8) is 0 Å². The van der Waals surface area contributed by atoms with Crippen molar-refractivity contribution in [3.05, 3.63) is 94.3 Å². The molecule has 8 nitrogen and oxygen atoms in total. The van der Waals surface area contributed by atoms with Gasteiger partial charge in [0.1, 0.15) is 18.5 Å². The van der Waals surface area contributed by atoms with Crippen molar-refractivity contribution in [1.82, 2.24) is 15.3 Å². The van der Waals surface area contributed by atoms with Crippen molar-refractivity contribution in [2.45, 2.75) is 19.6 Å². The van der Waals surface area contributed by atoms with Gasteiger partial charge in [0.25, 0.3) is 11.8 Å². The predicted molar refractivity (Wildman–Crippen MR) is 142 cm³/mol. The third-order valence-corrected chi connectivity index (χ3v) is 6.47. The minimum absolute atomic E-state index is 0.0645. The van der Waals surface area contributed by atoms with Crippen LogP contribution in [-0.4, -0.2) is 48.1 Å². The van der Waals surface area contributed by atoms with Crippen molar-refractivity contribution in [2.75, 3.05) is 31.3 Å². The number of hydrogen-bond acceptors (Lipinski definition) is 5. The molecule has 9 heteroatoms. The number of ether oxygens (including phenoxy) is 2. The highest BCUT2D eigenvalue weighted by molar-refractivity contribution is 6.31. The lowest BCUT2D eigenvalue weighted by atomic mass is 10.1. The fourth-order valence-electron chi connectivity index (χ4n) is 4.34. The molecule has 5 rings (SSSR count). The van der Waals surface area contributed by atoms with Crippen LogP contribution in [0.5, 0.6) is 0 Å². The van der Waals surface area contributed by atoms with Crippen LogP contribution in [0, 0.1) is 6.92 Å². The van der Waals surface area contributed by atoms with Gasteiger partial charge < -0.3 is 24.7 Å². The number of hydrogen-bond donors (Lipinski definition) is 2. The fraction of sp³-hybridized carbons (Fsp3) is 0.250. The van der Waals surface area contributed by atoms with Crippen molar-refractivity contribution in [3.8, 4) is 0 Å². The molecule has 0 spiro atoms. The molecule has 4 aromatic rings. The van der Waals surface area contributed by atoms with E-state index in [2.05, 4.69) is 15.3 Å². The van der Waals surface area contributed by atoms with E-state index in [1.807, 2.05) is 43.3 Å². The number of amides is 2. The summed E-state index contributed by atoms with van der Waals surface area (Å²) in [5.74, 6) is 0.216. The summed E-state index contributed by atoms with van der Waals surface area (Å²) in [6.07, 6.45) is 0. The van der Waals surface area contributed by atoms with Crippen molar-refractivity contribution in [1.29, 1.82) is 0 Å². The number of nitrogens with zero attached hydrogens (tertiary/aromatic N) is 2. The summed E-state index contributed by atoms with van der Waals surface area (Å²) >= 11 is 6.14. The number of halogens is 1. The second-order valence-electron chi connectivity index (χ2n) is 8.91. The normalized spacial score (nSPS) is 14.6. The highest BCUT2D eigenvalue weighted by atomic mass is 35.5. The van der Waals surface area contributed by atoms with Crippen molar-refractivity contribution >= 4 is 40.1 Å². The maximum atomic E-state index is 13.3. The average molecular weight is 519 g/mol. The summed E-state index contributed by atoms with van der Waals surface area (Å²) in [6, 6.07) is 20.0. The molecule has 0 aliphatic carbocycles. The van der Waals surface area contributed by atoms with Gasteiger partial charge in [0.2, 0.25) is 0 Å². The molecule has 0 bridgehead atoms. The molecule has 1 aliphatic rings. The minimum Gasteiger partial charge on any atom is -0.374 e. The molecule has 1 saturated heterocycles. The van der Waals surface area contributed by atoms with Gasteiger partial charge in [-0.05, 0) is 54.4 Å². The van der Waals surface area contributed by atoms with Crippen LogP contribution in [0.15, 0.2) is 66.7 Å². The number of aromatic amines is 1. The number of H-pyrrole nitrogens is 1. The van der Waals surface area contributed by atoms with E-state index in [1.54, 1.807) is 35.2 Å². The number of anilines is 1. The van der Waals surface area contributed by atoms with Gasteiger partial charge in [-0.25, -0.2) is 4.98 Å². The second kappa shape index (κ2) is 11.1. The summed E-state index contributed by atoms with van der Waals surface area (Å²) < 4.78 is 11.2. The maximum absolute atomic E-state index is 13.3. The third kappa shape index (κ3) is 5.83. The molecule has 1 aromatic heterocycles. The van der Waals surface area contributed by atoms with Gasteiger partial charge in [-0.1, -0.05) is 41.9 Å². The Morgan fingerprint density at radius 1 is 1.19 bits per heavy atom. The Bertz CT molecular complexity index is 1420. The Morgan fingerprint density at radius 2 is 2.03 bits per heavy atom. The number of imidazole rings is 1. The SMILES string of the molecule is Cc1cc(C(=O)N[C@@H](COCc2ccccc2)c2nc3cc(Cl)ccc3[nH]2)ccc1N1CCOCC1=O. The topological polar surface area (TPSA) is 96.5 Å². The third-order valence-electron chi connectivity index (χ3n) is 6.23. The molecule has 37 heavy (non-hydrogen) atoms. The summed E-state index contributed by atoms with van der Waals surface area (Å²) in [4.78, 5) is 35.2. The van der Waals surface area contributed by atoms with E-state index in [0.717, 1.165) is 22.3 Å². The predicted octanol–water partition coefficient (Wildman–Crippen LogP) is 4.58. The monoisotopic (exact) mass is 518 g/mol. The fourth-order valence-corrected chi connectivity index (χ4v) is 4.50. The van der Waals surface area contributed by atoms with Crippen LogP contribution in [0.3, 0.4) is 0 Å². The van der Waals surface area contributed by atoms with Gasteiger partial charge in [0, 0.05) is 22.8 Å². The van der Waals surface area contributed by atoms with E-state index in [4.69, 9.17) is 21.1 Å². The Morgan fingerprint density at radius 3 is 2.81 bits per heavy atom. The number of fused-ring (bicyclic) bond motifs is 1. The Labute approximate surface area is 219 Å². The van der Waals surface area contributed by atoms with Crippen LogP contribution < -0.4 is 10.2 Å². The first-order chi connectivity index (χ1) is 18.0. The summed E-state index contributed by atoms with van der Waals surface area (Å²) in [7, 11) is 0. The number of benzene rings is 3. The van der Waals surface area contributed by atoms with Crippen LogP contribution in [0.25, 0.3) is 11.0 Å². The van der Waals surface area contributed by atoms with Gasteiger partial charge in [-0.15, -0.1) is 0 Å². The Balaban J connectivity index is 1.35. The van der Waals surface area contributed by atoms with Gasteiger partial charge in [0.15, 0.2) is 0 Å². The number of rotatable bonds is 8. The lowest BCUT2D eigenvalue weighted by Gasteiger charge is -2.28. The molecular formula is C28H27ClN4O4. The smallest absolute Gasteiger partial charge is 0.253 e. The molecule has 0 saturated carbocycles. The van der Waals surface area contributed by atoms with Crippen LogP contribution in [0.2, 0.25) is 5.02 Å². The molecule has 2 amide bonds. The van der Waals surface area contributed by atoms with E-state index in [9.17, 15) is 9.59 Å². The second-order valence-corrected chi connectivity index (χ2v) is 9.35.